The van der Waals surface area contributed by atoms with Crippen LogP contribution in [0.4, 0.5) is 10.9 Å². The lowest BCUT2D eigenvalue weighted by atomic mass is 10.2. The van der Waals surface area contributed by atoms with Crippen LogP contribution < -0.4 is 4.74 Å². The van der Waals surface area contributed by atoms with E-state index in [1.165, 1.54) is 17.5 Å². The summed E-state index contributed by atoms with van der Waals surface area (Å²) in [5, 5.41) is 11.0. The van der Waals surface area contributed by atoms with Gasteiger partial charge in [-0.25, -0.2) is 4.98 Å². The van der Waals surface area contributed by atoms with E-state index in [-0.39, 0.29) is 0 Å². The number of carbonyl (C=O) groups is 1. The maximum atomic E-state index is 10.8. The molecular formula is C19H14N4O2S2. The zero-order chi connectivity index (χ0) is 18.6. The lowest BCUT2D eigenvalue weighted by Gasteiger charge is -2.11. The van der Waals surface area contributed by atoms with Crippen LogP contribution in [0, 0.1) is 0 Å². The molecule has 27 heavy (non-hydrogen) atoms. The number of thiazole rings is 1. The van der Waals surface area contributed by atoms with Gasteiger partial charge in [-0.1, -0.05) is 17.4 Å². The highest BCUT2D eigenvalue weighted by atomic mass is 32.1. The summed E-state index contributed by atoms with van der Waals surface area (Å²) in [5.41, 5.74) is 1.97. The highest BCUT2D eigenvalue weighted by Crippen LogP contribution is 2.35. The van der Waals surface area contributed by atoms with E-state index >= 15 is 0 Å². The van der Waals surface area contributed by atoms with Gasteiger partial charge in [0.25, 0.3) is 0 Å². The Hall–Kier alpha value is -3.10. The molecule has 0 fully saturated rings. The molecule has 6 nitrogen and oxygen atoms in total. The number of hydrogen-bond acceptors (Lipinski definition) is 7. The fraction of sp³-hybridized carbons (Fsp3) is 0.0526. The third kappa shape index (κ3) is 3.57. The summed E-state index contributed by atoms with van der Waals surface area (Å²) in [7, 11) is 1.64. The summed E-state index contributed by atoms with van der Waals surface area (Å²) >= 11 is 2.86. The van der Waals surface area contributed by atoms with Gasteiger partial charge in [0, 0.05) is 5.69 Å². The molecule has 0 saturated heterocycles. The van der Waals surface area contributed by atoms with E-state index in [9.17, 15) is 4.79 Å². The van der Waals surface area contributed by atoms with Crippen LogP contribution in [0.2, 0.25) is 0 Å². The smallest absolute Gasteiger partial charge is 0.230 e. The standard InChI is InChI=1S/C19H14N4O2S2/c1-25-14-6-4-13(5-7-14)23-16(17-3-2-10-26-17)8-9-18(23)21-22-19-20-11-15(12-24)27-19/h2-12H,1H3/b22-21+. The average Bonchev–Trinajstić information content (AvgIpc) is 3.46. The van der Waals surface area contributed by atoms with E-state index in [2.05, 4.69) is 21.3 Å². The Morgan fingerprint density at radius 3 is 2.63 bits per heavy atom. The van der Waals surface area contributed by atoms with Gasteiger partial charge >= 0.3 is 0 Å². The molecule has 3 aromatic heterocycles. The number of thiophene rings is 1. The molecule has 8 heteroatoms. The minimum atomic E-state index is 0.442. The molecule has 134 valence electrons. The Balaban J connectivity index is 1.77. The zero-order valence-corrected chi connectivity index (χ0v) is 15.9. The predicted octanol–water partition coefficient (Wildman–Crippen LogP) is 5.90. The van der Waals surface area contributed by atoms with Crippen LogP contribution in [0.3, 0.4) is 0 Å². The van der Waals surface area contributed by atoms with Crippen molar-refractivity contribution in [2.24, 2.45) is 10.2 Å². The van der Waals surface area contributed by atoms with Gasteiger partial charge in [0.05, 0.1) is 28.8 Å². The molecule has 0 aliphatic heterocycles. The van der Waals surface area contributed by atoms with Gasteiger partial charge in [0.15, 0.2) is 12.1 Å². The van der Waals surface area contributed by atoms with Crippen molar-refractivity contribution in [2.45, 2.75) is 0 Å². The van der Waals surface area contributed by atoms with Crippen LogP contribution in [0.1, 0.15) is 9.67 Å². The molecule has 0 spiro atoms. The quantitative estimate of drug-likeness (QED) is 0.302. The van der Waals surface area contributed by atoms with Crippen molar-refractivity contribution in [1.82, 2.24) is 9.55 Å². The van der Waals surface area contributed by atoms with E-state index in [0.29, 0.717) is 15.8 Å². The first-order valence-electron chi connectivity index (χ1n) is 8.01. The van der Waals surface area contributed by atoms with Gasteiger partial charge in [-0.3, -0.25) is 9.36 Å². The molecule has 0 aliphatic rings. The van der Waals surface area contributed by atoms with Gasteiger partial charge in [-0.2, -0.15) is 0 Å². The van der Waals surface area contributed by atoms with Gasteiger partial charge in [0.1, 0.15) is 5.75 Å². The minimum Gasteiger partial charge on any atom is -0.497 e. The molecule has 0 bridgehead atoms. The SMILES string of the molecule is COc1ccc(-n2c(/N=N/c3ncc(C=O)s3)ccc2-c2cccs2)cc1. The number of aromatic nitrogens is 2. The number of aldehydes is 1. The summed E-state index contributed by atoms with van der Waals surface area (Å²) in [6.45, 7) is 0. The maximum Gasteiger partial charge on any atom is 0.230 e. The zero-order valence-electron chi connectivity index (χ0n) is 14.3. The van der Waals surface area contributed by atoms with Crippen LogP contribution >= 0.6 is 22.7 Å². The van der Waals surface area contributed by atoms with Crippen molar-refractivity contribution >= 4 is 39.9 Å². The first-order chi connectivity index (χ1) is 13.3. The number of hydrogen-bond donors (Lipinski definition) is 0. The number of azo groups is 1. The van der Waals surface area contributed by atoms with E-state index in [1.807, 2.05) is 52.4 Å². The van der Waals surface area contributed by atoms with E-state index in [1.54, 1.807) is 18.4 Å². The first kappa shape index (κ1) is 17.3. The second kappa shape index (κ2) is 7.65. The summed E-state index contributed by atoms with van der Waals surface area (Å²) in [4.78, 5) is 16.5. The molecule has 1 aromatic carbocycles. The molecule has 4 rings (SSSR count). The monoisotopic (exact) mass is 394 g/mol. The average molecular weight is 394 g/mol. The molecule has 0 unspecified atom stereocenters. The Morgan fingerprint density at radius 2 is 1.96 bits per heavy atom. The Bertz CT molecular complexity index is 1080. The lowest BCUT2D eigenvalue weighted by molar-refractivity contribution is 0.112. The van der Waals surface area contributed by atoms with Crippen molar-refractivity contribution < 1.29 is 9.53 Å². The maximum absolute atomic E-state index is 10.8. The largest absolute Gasteiger partial charge is 0.497 e. The second-order valence-electron chi connectivity index (χ2n) is 5.45. The van der Waals surface area contributed by atoms with Crippen molar-refractivity contribution in [2.75, 3.05) is 7.11 Å². The van der Waals surface area contributed by atoms with Crippen molar-refractivity contribution in [1.29, 1.82) is 0 Å². The van der Waals surface area contributed by atoms with Crippen molar-refractivity contribution in [3.05, 3.63) is 65.0 Å². The molecule has 0 N–H and O–H groups in total. The number of methoxy groups -OCH3 is 1. The topological polar surface area (TPSA) is 68.8 Å². The third-order valence-electron chi connectivity index (χ3n) is 3.83. The summed E-state index contributed by atoms with van der Waals surface area (Å²) in [6, 6.07) is 15.8. The lowest BCUT2D eigenvalue weighted by Crippen LogP contribution is -1.95. The van der Waals surface area contributed by atoms with E-state index < -0.39 is 0 Å². The number of benzene rings is 1. The fourth-order valence-corrected chi connectivity index (χ4v) is 3.89. The van der Waals surface area contributed by atoms with Crippen LogP contribution in [0.25, 0.3) is 16.3 Å². The predicted molar refractivity (Wildman–Crippen MR) is 107 cm³/mol. The van der Waals surface area contributed by atoms with Gasteiger partial charge < -0.3 is 4.74 Å². The fourth-order valence-electron chi connectivity index (χ4n) is 2.59. The normalized spacial score (nSPS) is 11.1. The van der Waals surface area contributed by atoms with Gasteiger partial charge in [0.2, 0.25) is 5.13 Å². The van der Waals surface area contributed by atoms with E-state index in [4.69, 9.17) is 4.74 Å². The number of nitrogens with zero attached hydrogens (tertiary/aromatic N) is 4. The second-order valence-corrected chi connectivity index (χ2v) is 7.44. The Labute approximate surface area is 163 Å². The number of ether oxygens (including phenoxy) is 1. The minimum absolute atomic E-state index is 0.442. The molecular weight excluding hydrogens is 380 g/mol. The molecule has 0 amide bonds. The van der Waals surface area contributed by atoms with Crippen LogP contribution in [-0.2, 0) is 0 Å². The summed E-state index contributed by atoms with van der Waals surface area (Å²) in [6.07, 6.45) is 2.25. The molecule has 4 aromatic rings. The molecule has 0 aliphatic carbocycles. The van der Waals surface area contributed by atoms with Crippen LogP contribution in [0.5, 0.6) is 5.75 Å². The summed E-state index contributed by atoms with van der Waals surface area (Å²) in [5.74, 6) is 1.46. The van der Waals surface area contributed by atoms with Crippen molar-refractivity contribution in [3.8, 4) is 22.0 Å². The summed E-state index contributed by atoms with van der Waals surface area (Å²) < 4.78 is 7.28. The molecule has 3 heterocycles. The Kier molecular flexibility index (Phi) is 4.91. The van der Waals surface area contributed by atoms with Gasteiger partial charge in [-0.15, -0.1) is 21.6 Å². The highest BCUT2D eigenvalue weighted by molar-refractivity contribution is 7.16. The van der Waals surface area contributed by atoms with Gasteiger partial charge in [-0.05, 0) is 47.8 Å². The third-order valence-corrected chi connectivity index (χ3v) is 5.53. The molecule has 0 radical (unpaired) electrons. The number of carbonyl (C=O) groups excluding carboxylic acids is 1. The molecule has 0 atom stereocenters. The number of rotatable bonds is 6. The highest BCUT2D eigenvalue weighted by Gasteiger charge is 2.13. The van der Waals surface area contributed by atoms with Crippen LogP contribution in [-0.4, -0.2) is 22.9 Å². The van der Waals surface area contributed by atoms with E-state index in [0.717, 1.165) is 28.3 Å². The van der Waals surface area contributed by atoms with Crippen LogP contribution in [0.15, 0.2) is 70.3 Å². The Morgan fingerprint density at radius 1 is 1.11 bits per heavy atom. The van der Waals surface area contributed by atoms with Crippen molar-refractivity contribution in [3.63, 3.8) is 0 Å². The molecule has 0 saturated carbocycles. The first-order valence-corrected chi connectivity index (χ1v) is 9.71.